The number of allylic oxidation sites excluding steroid dienone is 4. The van der Waals surface area contributed by atoms with Crippen LogP contribution in [0.1, 0.15) is 76.0 Å². The van der Waals surface area contributed by atoms with Crippen molar-refractivity contribution in [3.8, 4) is 5.75 Å². The average molecular weight is 607 g/mol. The molecule has 210 valence electrons. The lowest BCUT2D eigenvalue weighted by atomic mass is 9.65. The van der Waals surface area contributed by atoms with Gasteiger partial charge in [0, 0.05) is 48.4 Å². The van der Waals surface area contributed by atoms with Gasteiger partial charge >= 0.3 is 0 Å². The van der Waals surface area contributed by atoms with Crippen LogP contribution in [-0.2, 0) is 19.1 Å². The molecule has 6 nitrogen and oxygen atoms in total. The maximum atomic E-state index is 13.5. The van der Waals surface area contributed by atoms with Gasteiger partial charge in [-0.3, -0.25) is 14.4 Å². The first kappa shape index (κ1) is 28.3. The molecule has 0 atom stereocenters. The molecule has 0 aromatic heterocycles. The summed E-state index contributed by atoms with van der Waals surface area (Å²) in [4.78, 5) is 39.6. The predicted molar refractivity (Wildman–Crippen MR) is 158 cm³/mol. The highest BCUT2D eigenvalue weighted by atomic mass is 79.9. The van der Waals surface area contributed by atoms with Crippen molar-refractivity contribution in [2.24, 2.45) is 10.8 Å². The molecule has 1 heterocycles. The summed E-state index contributed by atoms with van der Waals surface area (Å²) in [7, 11) is 0. The van der Waals surface area contributed by atoms with Crippen molar-refractivity contribution in [3.05, 3.63) is 80.2 Å². The second-order valence-electron chi connectivity index (χ2n) is 12.9. The molecule has 0 fully saturated rings. The van der Waals surface area contributed by atoms with Crippen LogP contribution in [0, 0.1) is 24.7 Å². The number of carbonyl (C=O) groups excluding carboxylic acids is 3. The van der Waals surface area contributed by atoms with Crippen molar-refractivity contribution in [1.29, 1.82) is 0 Å². The fourth-order valence-electron chi connectivity index (χ4n) is 6.04. The molecule has 0 saturated carbocycles. The molecule has 0 saturated heterocycles. The number of anilines is 1. The predicted octanol–water partition coefficient (Wildman–Crippen LogP) is 7.48. The number of nitrogens with one attached hydrogen (secondary N) is 1. The van der Waals surface area contributed by atoms with E-state index in [1.165, 1.54) is 0 Å². The first-order valence-electron chi connectivity index (χ1n) is 13.7. The normalized spacial score (nSPS) is 20.1. The van der Waals surface area contributed by atoms with E-state index in [4.69, 9.17) is 9.47 Å². The second kappa shape index (κ2) is 10.3. The number of aryl methyl sites for hydroxylation is 1. The molecule has 3 aliphatic rings. The summed E-state index contributed by atoms with van der Waals surface area (Å²) in [5, 5.41) is 2.91. The summed E-state index contributed by atoms with van der Waals surface area (Å²) in [5.41, 5.74) is 4.48. The summed E-state index contributed by atoms with van der Waals surface area (Å²) in [6.45, 7) is 12.1. The van der Waals surface area contributed by atoms with Crippen LogP contribution in [0.3, 0.4) is 0 Å². The van der Waals surface area contributed by atoms with Gasteiger partial charge in [0.2, 0.25) is 0 Å². The van der Waals surface area contributed by atoms with E-state index in [1.807, 2.05) is 44.2 Å². The number of Topliss-reactive ketones (excluding diaryl/α,β-unsaturated/α-hetero) is 2. The van der Waals surface area contributed by atoms with Crippen molar-refractivity contribution >= 4 is 39.1 Å². The van der Waals surface area contributed by atoms with Crippen LogP contribution in [0.25, 0.3) is 0 Å². The fourth-order valence-corrected chi connectivity index (χ4v) is 6.55. The fraction of sp³-hybridized carbons (Fsp3) is 0.424. The third kappa shape index (κ3) is 5.53. The Bertz CT molecular complexity index is 1440. The Morgan fingerprint density at radius 2 is 1.55 bits per heavy atom. The average Bonchev–Trinajstić information content (AvgIpc) is 2.83. The Hall–Kier alpha value is -3.19. The molecule has 2 aromatic carbocycles. The van der Waals surface area contributed by atoms with Crippen LogP contribution >= 0.6 is 15.9 Å². The highest BCUT2D eigenvalue weighted by Gasteiger charge is 2.47. The highest BCUT2D eigenvalue weighted by molar-refractivity contribution is 9.10. The van der Waals surface area contributed by atoms with E-state index >= 15 is 0 Å². The van der Waals surface area contributed by atoms with Crippen LogP contribution in [0.5, 0.6) is 5.75 Å². The quantitative estimate of drug-likeness (QED) is 0.382. The summed E-state index contributed by atoms with van der Waals surface area (Å²) >= 11 is 3.60. The molecule has 0 radical (unpaired) electrons. The zero-order valence-electron chi connectivity index (χ0n) is 24.0. The Labute approximate surface area is 244 Å². The standard InChI is InChI=1S/C33H36BrNO5/c1-18-8-7-9-22(19(18)2)35-28(38)17-39-25-11-10-20(12-21(25)34)29-30-23(36)13-32(3,4)15-26(30)40-27-16-33(5,6)14-24(37)31(27)29/h7-12,29H,13-17H2,1-6H3,(H,35,38). The molecule has 1 aliphatic heterocycles. The van der Waals surface area contributed by atoms with Crippen molar-refractivity contribution in [2.75, 3.05) is 11.9 Å². The number of amides is 1. The third-order valence-electron chi connectivity index (χ3n) is 8.11. The maximum Gasteiger partial charge on any atom is 0.262 e. The number of ether oxygens (including phenoxy) is 2. The van der Waals surface area contributed by atoms with Crippen LogP contribution < -0.4 is 10.1 Å². The van der Waals surface area contributed by atoms with Crippen molar-refractivity contribution in [2.45, 2.75) is 73.1 Å². The zero-order chi connectivity index (χ0) is 29.0. The Balaban J connectivity index is 1.43. The summed E-state index contributed by atoms with van der Waals surface area (Å²) in [6.07, 6.45) is 2.11. The van der Waals surface area contributed by atoms with Crippen molar-refractivity contribution in [3.63, 3.8) is 0 Å². The van der Waals surface area contributed by atoms with Crippen LogP contribution in [0.2, 0.25) is 0 Å². The van der Waals surface area contributed by atoms with E-state index in [9.17, 15) is 14.4 Å². The van der Waals surface area contributed by atoms with Gasteiger partial charge in [0.15, 0.2) is 18.2 Å². The Morgan fingerprint density at radius 1 is 0.950 bits per heavy atom. The molecule has 2 aromatic rings. The van der Waals surface area contributed by atoms with Gasteiger partial charge in [0.05, 0.1) is 4.47 Å². The lowest BCUT2D eigenvalue weighted by molar-refractivity contribution is -0.120. The van der Waals surface area contributed by atoms with Crippen LogP contribution in [0.15, 0.2) is 63.5 Å². The molecule has 0 bridgehead atoms. The SMILES string of the molecule is Cc1cccc(NC(=O)COc2ccc(C3C4=C(CC(C)(C)CC4=O)OC4=C3C(=O)CC(C)(C)C4)cc2Br)c1C. The summed E-state index contributed by atoms with van der Waals surface area (Å²) in [5.74, 6) is 1.20. The molecular weight excluding hydrogens is 570 g/mol. The summed E-state index contributed by atoms with van der Waals surface area (Å²) < 4.78 is 12.9. The second-order valence-corrected chi connectivity index (χ2v) is 13.7. The molecule has 1 N–H and O–H groups in total. The molecule has 0 spiro atoms. The van der Waals surface area contributed by atoms with Gasteiger partial charge in [-0.05, 0) is 75.5 Å². The lowest BCUT2D eigenvalue weighted by Crippen LogP contribution is -2.37. The van der Waals surface area contributed by atoms with Gasteiger partial charge < -0.3 is 14.8 Å². The number of halogens is 1. The van der Waals surface area contributed by atoms with Gasteiger partial charge in [0.1, 0.15) is 17.3 Å². The first-order valence-corrected chi connectivity index (χ1v) is 14.5. The minimum atomic E-state index is -0.483. The number of hydrogen-bond acceptors (Lipinski definition) is 5. The van der Waals surface area contributed by atoms with E-state index < -0.39 is 5.92 Å². The number of ketones is 2. The van der Waals surface area contributed by atoms with E-state index in [0.29, 0.717) is 58.6 Å². The number of carbonyl (C=O) groups is 3. The van der Waals surface area contributed by atoms with E-state index in [1.54, 1.807) is 6.07 Å². The van der Waals surface area contributed by atoms with Crippen molar-refractivity contribution in [1.82, 2.24) is 0 Å². The van der Waals surface area contributed by atoms with Gasteiger partial charge in [0.25, 0.3) is 5.91 Å². The highest BCUT2D eigenvalue weighted by Crippen LogP contribution is 2.53. The van der Waals surface area contributed by atoms with Gasteiger partial charge in [-0.25, -0.2) is 0 Å². The third-order valence-corrected chi connectivity index (χ3v) is 8.73. The minimum absolute atomic E-state index is 0.0278. The summed E-state index contributed by atoms with van der Waals surface area (Å²) in [6, 6.07) is 11.3. The van der Waals surface area contributed by atoms with Crippen LogP contribution in [0.4, 0.5) is 5.69 Å². The molecule has 7 heteroatoms. The monoisotopic (exact) mass is 605 g/mol. The lowest BCUT2D eigenvalue weighted by Gasteiger charge is -2.42. The van der Waals surface area contributed by atoms with Gasteiger partial charge in [-0.2, -0.15) is 0 Å². The molecule has 1 amide bonds. The smallest absolute Gasteiger partial charge is 0.262 e. The number of hydrogen-bond donors (Lipinski definition) is 1. The largest absolute Gasteiger partial charge is 0.483 e. The van der Waals surface area contributed by atoms with Gasteiger partial charge in [-0.15, -0.1) is 0 Å². The minimum Gasteiger partial charge on any atom is -0.483 e. The van der Waals surface area contributed by atoms with Crippen molar-refractivity contribution < 1.29 is 23.9 Å². The number of benzene rings is 2. The first-order chi connectivity index (χ1) is 18.7. The Kier molecular flexibility index (Phi) is 7.32. The topological polar surface area (TPSA) is 81.7 Å². The Morgan fingerprint density at radius 3 is 2.12 bits per heavy atom. The molecule has 2 aliphatic carbocycles. The molecule has 40 heavy (non-hydrogen) atoms. The van der Waals surface area contributed by atoms with Crippen LogP contribution in [-0.4, -0.2) is 24.1 Å². The molecule has 0 unspecified atom stereocenters. The maximum absolute atomic E-state index is 13.5. The van der Waals surface area contributed by atoms with E-state index in [2.05, 4.69) is 48.9 Å². The van der Waals surface area contributed by atoms with Gasteiger partial charge in [-0.1, -0.05) is 45.9 Å². The molecular formula is C33H36BrNO5. The zero-order valence-corrected chi connectivity index (χ0v) is 25.6. The molecule has 5 rings (SSSR count). The van der Waals surface area contributed by atoms with E-state index in [-0.39, 0.29) is 34.9 Å². The number of rotatable bonds is 5. The van der Waals surface area contributed by atoms with E-state index in [0.717, 1.165) is 22.4 Å².